The highest BCUT2D eigenvalue weighted by molar-refractivity contribution is 5.82. The molecule has 1 aromatic rings. The van der Waals surface area contributed by atoms with E-state index < -0.39 is 0 Å². The number of piperidine rings is 1. The maximum atomic E-state index is 12.6. The zero-order valence-corrected chi connectivity index (χ0v) is 12.8. The molecule has 2 aliphatic rings. The predicted octanol–water partition coefficient (Wildman–Crippen LogP) is 1.84. The van der Waals surface area contributed by atoms with Gasteiger partial charge in [0.1, 0.15) is 5.75 Å². The number of aliphatic hydroxyl groups excluding tert-OH is 1. The lowest BCUT2D eigenvalue weighted by Gasteiger charge is -2.32. The maximum absolute atomic E-state index is 12.6. The van der Waals surface area contributed by atoms with Crippen molar-refractivity contribution in [1.82, 2.24) is 4.90 Å². The van der Waals surface area contributed by atoms with Gasteiger partial charge in [0, 0.05) is 26.1 Å². The SMILES string of the molecule is Cc1cc2c(cc1C)OC(C(=O)N1CCC(CO)CC1)C2. The number of benzene rings is 1. The molecule has 1 fully saturated rings. The van der Waals surface area contributed by atoms with Crippen LogP contribution in [0.2, 0.25) is 0 Å². The molecule has 1 unspecified atom stereocenters. The monoisotopic (exact) mass is 289 g/mol. The molecule has 1 aromatic carbocycles. The smallest absolute Gasteiger partial charge is 0.263 e. The van der Waals surface area contributed by atoms with Gasteiger partial charge < -0.3 is 14.7 Å². The van der Waals surface area contributed by atoms with Gasteiger partial charge >= 0.3 is 0 Å². The number of hydrogen-bond acceptors (Lipinski definition) is 3. The lowest BCUT2D eigenvalue weighted by Crippen LogP contribution is -2.45. The zero-order valence-electron chi connectivity index (χ0n) is 12.8. The molecular formula is C17H23NO3. The summed E-state index contributed by atoms with van der Waals surface area (Å²) in [5, 5.41) is 9.17. The van der Waals surface area contributed by atoms with E-state index in [4.69, 9.17) is 9.84 Å². The van der Waals surface area contributed by atoms with Gasteiger partial charge in [-0.15, -0.1) is 0 Å². The third kappa shape index (κ3) is 2.77. The van der Waals surface area contributed by atoms with Gasteiger partial charge in [0.15, 0.2) is 6.10 Å². The Kier molecular flexibility index (Phi) is 3.89. The van der Waals surface area contributed by atoms with Crippen LogP contribution in [0.15, 0.2) is 12.1 Å². The average molecular weight is 289 g/mol. The summed E-state index contributed by atoms with van der Waals surface area (Å²) in [6.45, 7) is 5.85. The minimum Gasteiger partial charge on any atom is -0.480 e. The summed E-state index contributed by atoms with van der Waals surface area (Å²) in [6, 6.07) is 4.17. The minimum absolute atomic E-state index is 0.0953. The van der Waals surface area contributed by atoms with E-state index in [2.05, 4.69) is 19.9 Å². The number of nitrogens with zero attached hydrogens (tertiary/aromatic N) is 1. The highest BCUT2D eigenvalue weighted by atomic mass is 16.5. The highest BCUT2D eigenvalue weighted by Crippen LogP contribution is 2.32. The van der Waals surface area contributed by atoms with Crippen LogP contribution >= 0.6 is 0 Å². The first kappa shape index (κ1) is 14.4. The fourth-order valence-corrected chi connectivity index (χ4v) is 3.19. The van der Waals surface area contributed by atoms with E-state index in [9.17, 15) is 4.79 Å². The van der Waals surface area contributed by atoms with Crippen LogP contribution in [0.4, 0.5) is 0 Å². The predicted molar refractivity (Wildman–Crippen MR) is 80.4 cm³/mol. The van der Waals surface area contributed by atoms with Crippen molar-refractivity contribution in [2.75, 3.05) is 19.7 Å². The molecule has 0 aromatic heterocycles. The van der Waals surface area contributed by atoms with Crippen molar-refractivity contribution in [3.05, 3.63) is 28.8 Å². The number of likely N-dealkylation sites (tertiary alicyclic amines) is 1. The number of fused-ring (bicyclic) bond motifs is 1. The molecule has 1 amide bonds. The number of carbonyl (C=O) groups excluding carboxylic acids is 1. The van der Waals surface area contributed by atoms with Crippen LogP contribution in [-0.2, 0) is 11.2 Å². The fourth-order valence-electron chi connectivity index (χ4n) is 3.19. The van der Waals surface area contributed by atoms with E-state index in [0.717, 1.165) is 37.2 Å². The molecule has 0 aliphatic carbocycles. The molecule has 4 nitrogen and oxygen atoms in total. The topological polar surface area (TPSA) is 49.8 Å². The Balaban J connectivity index is 1.66. The lowest BCUT2D eigenvalue weighted by atomic mass is 9.97. The summed E-state index contributed by atoms with van der Waals surface area (Å²) in [5.41, 5.74) is 3.58. The summed E-state index contributed by atoms with van der Waals surface area (Å²) >= 11 is 0. The molecule has 0 saturated carbocycles. The maximum Gasteiger partial charge on any atom is 0.263 e. The first-order valence-corrected chi connectivity index (χ1v) is 7.75. The lowest BCUT2D eigenvalue weighted by molar-refractivity contribution is -0.139. The normalized spacial score (nSPS) is 22.0. The number of rotatable bonds is 2. The second-order valence-electron chi connectivity index (χ2n) is 6.31. The Bertz CT molecular complexity index is 516. The second kappa shape index (κ2) is 5.68. The molecule has 2 heterocycles. The molecular weight excluding hydrogens is 266 g/mol. The third-order valence-corrected chi connectivity index (χ3v) is 4.81. The van der Waals surface area contributed by atoms with Crippen molar-refractivity contribution >= 4 is 5.91 Å². The quantitative estimate of drug-likeness (QED) is 0.904. The Morgan fingerprint density at radius 1 is 1.29 bits per heavy atom. The van der Waals surface area contributed by atoms with Gasteiger partial charge in [-0.2, -0.15) is 0 Å². The van der Waals surface area contributed by atoms with Gasteiger partial charge in [-0.3, -0.25) is 4.79 Å². The van der Waals surface area contributed by atoms with E-state index in [0.29, 0.717) is 12.3 Å². The van der Waals surface area contributed by atoms with Crippen molar-refractivity contribution in [1.29, 1.82) is 0 Å². The van der Waals surface area contributed by atoms with Crippen molar-refractivity contribution < 1.29 is 14.6 Å². The number of ether oxygens (including phenoxy) is 1. The van der Waals surface area contributed by atoms with Gasteiger partial charge in [0.25, 0.3) is 5.91 Å². The molecule has 1 N–H and O–H groups in total. The van der Waals surface area contributed by atoms with Crippen LogP contribution in [0.1, 0.15) is 29.5 Å². The van der Waals surface area contributed by atoms with Crippen molar-refractivity contribution in [3.8, 4) is 5.75 Å². The van der Waals surface area contributed by atoms with Crippen molar-refractivity contribution in [2.24, 2.45) is 5.92 Å². The summed E-state index contributed by atoms with van der Waals surface area (Å²) in [5.74, 6) is 1.31. The Morgan fingerprint density at radius 3 is 2.62 bits per heavy atom. The standard InChI is InChI=1S/C17H23NO3/c1-11-7-14-9-16(21-15(14)8-12(11)2)17(20)18-5-3-13(10-19)4-6-18/h7-8,13,16,19H,3-6,9-10H2,1-2H3. The summed E-state index contributed by atoms with van der Waals surface area (Å²) in [4.78, 5) is 14.5. The summed E-state index contributed by atoms with van der Waals surface area (Å²) in [6.07, 6.45) is 2.09. The molecule has 1 saturated heterocycles. The molecule has 3 rings (SSSR count). The number of aliphatic hydroxyl groups is 1. The van der Waals surface area contributed by atoms with Gasteiger partial charge in [-0.1, -0.05) is 6.07 Å². The van der Waals surface area contributed by atoms with Crippen LogP contribution in [0, 0.1) is 19.8 Å². The molecule has 1 atom stereocenters. The summed E-state index contributed by atoms with van der Waals surface area (Å²) in [7, 11) is 0. The first-order valence-electron chi connectivity index (χ1n) is 7.75. The molecule has 0 bridgehead atoms. The minimum atomic E-state index is -0.369. The summed E-state index contributed by atoms with van der Waals surface area (Å²) < 4.78 is 5.87. The Hall–Kier alpha value is -1.55. The van der Waals surface area contributed by atoms with Crippen LogP contribution < -0.4 is 4.74 Å². The largest absolute Gasteiger partial charge is 0.480 e. The van der Waals surface area contributed by atoms with E-state index in [-0.39, 0.29) is 18.6 Å². The van der Waals surface area contributed by atoms with E-state index >= 15 is 0 Å². The second-order valence-corrected chi connectivity index (χ2v) is 6.31. The van der Waals surface area contributed by atoms with Crippen molar-refractivity contribution in [3.63, 3.8) is 0 Å². The number of hydrogen-bond donors (Lipinski definition) is 1. The van der Waals surface area contributed by atoms with Gasteiger partial charge in [0.2, 0.25) is 0 Å². The van der Waals surface area contributed by atoms with Crippen LogP contribution in [0.3, 0.4) is 0 Å². The molecule has 4 heteroatoms. The average Bonchev–Trinajstić information content (AvgIpc) is 2.90. The van der Waals surface area contributed by atoms with E-state index in [1.54, 1.807) is 0 Å². The molecule has 21 heavy (non-hydrogen) atoms. The molecule has 0 spiro atoms. The van der Waals surface area contributed by atoms with Gasteiger partial charge in [-0.25, -0.2) is 0 Å². The van der Waals surface area contributed by atoms with E-state index in [1.165, 1.54) is 11.1 Å². The molecule has 114 valence electrons. The molecule has 0 radical (unpaired) electrons. The Labute approximate surface area is 125 Å². The molecule has 2 aliphatic heterocycles. The fraction of sp³-hybridized carbons (Fsp3) is 0.588. The van der Waals surface area contributed by atoms with Crippen LogP contribution in [0.5, 0.6) is 5.75 Å². The number of carbonyl (C=O) groups is 1. The van der Waals surface area contributed by atoms with E-state index in [1.807, 2.05) is 11.0 Å². The Morgan fingerprint density at radius 2 is 1.95 bits per heavy atom. The zero-order chi connectivity index (χ0) is 15.0. The van der Waals surface area contributed by atoms with Gasteiger partial charge in [0.05, 0.1) is 0 Å². The third-order valence-electron chi connectivity index (χ3n) is 4.81. The van der Waals surface area contributed by atoms with Gasteiger partial charge in [-0.05, 0) is 55.4 Å². The number of aryl methyl sites for hydroxylation is 2. The van der Waals surface area contributed by atoms with Crippen molar-refractivity contribution in [2.45, 2.75) is 39.2 Å². The van der Waals surface area contributed by atoms with Crippen LogP contribution in [0.25, 0.3) is 0 Å². The first-order chi connectivity index (χ1) is 10.1. The highest BCUT2D eigenvalue weighted by Gasteiger charge is 2.34. The number of amides is 1. The van der Waals surface area contributed by atoms with Crippen LogP contribution in [-0.4, -0.2) is 41.7 Å².